The Bertz CT molecular complexity index is 481. The van der Waals surface area contributed by atoms with Crippen molar-refractivity contribution in [2.45, 2.75) is 18.9 Å². The summed E-state index contributed by atoms with van der Waals surface area (Å²) in [4.78, 5) is 35.3. The van der Waals surface area contributed by atoms with Crippen molar-refractivity contribution in [3.63, 3.8) is 0 Å². The average molecular weight is 365 g/mol. The highest BCUT2D eigenvalue weighted by molar-refractivity contribution is 7.91. The summed E-state index contributed by atoms with van der Waals surface area (Å²) in [7, 11) is -3.64. The highest BCUT2D eigenvalue weighted by Gasteiger charge is 2.16. The van der Waals surface area contributed by atoms with Crippen molar-refractivity contribution >= 4 is 34.2 Å². The fourth-order valence-corrected chi connectivity index (χ4v) is 1.96. The number of esters is 1. The number of nitrogens with zero attached hydrogens (tertiary/aromatic N) is 1. The number of rotatable bonds is 11. The van der Waals surface area contributed by atoms with Gasteiger partial charge < -0.3 is 20.4 Å². The van der Waals surface area contributed by atoms with Gasteiger partial charge in [0.25, 0.3) is 5.09 Å². The Labute approximate surface area is 132 Å². The van der Waals surface area contributed by atoms with E-state index in [4.69, 9.17) is 10.8 Å². The third kappa shape index (κ3) is 12.1. The van der Waals surface area contributed by atoms with Gasteiger partial charge in [-0.2, -0.15) is 0 Å². The van der Waals surface area contributed by atoms with Crippen molar-refractivity contribution in [2.24, 2.45) is 5.73 Å². The van der Waals surface area contributed by atoms with Crippen LogP contribution in [0.4, 0.5) is 0 Å². The first-order valence-electron chi connectivity index (χ1n) is 5.76. The first-order valence-corrected chi connectivity index (χ1v) is 7.58. The Morgan fingerprint density at radius 2 is 1.82 bits per heavy atom. The Morgan fingerprint density at radius 3 is 2.32 bits per heavy atom. The monoisotopic (exact) mass is 364 g/mol. The topological polar surface area (TPSA) is 176 Å². The highest BCUT2D eigenvalue weighted by atomic mass is 35.5. The molecule has 0 saturated heterocycles. The lowest BCUT2D eigenvalue weighted by Gasteiger charge is -2.07. The summed E-state index contributed by atoms with van der Waals surface area (Å²) in [6.45, 7) is -1.03. The standard InChI is InChI=1S/C9H16N2O9S.ClH/c10-7(9(13)14)1-2-8(12)19-3-5-21(17,18)6-4-20-11(15)16;/h7H,1-6,10H2,(H,13,14);1H/t7-;/m0./s1. The fraction of sp³-hybridized carbons (Fsp3) is 0.778. The van der Waals surface area contributed by atoms with Crippen molar-refractivity contribution in [3.8, 4) is 0 Å². The second-order valence-corrected chi connectivity index (χ2v) is 6.22. The average Bonchev–Trinajstić information content (AvgIpc) is 2.34. The second kappa shape index (κ2) is 11.0. The fourth-order valence-electron chi connectivity index (χ4n) is 1.09. The molecule has 1 atom stereocenters. The zero-order valence-corrected chi connectivity index (χ0v) is 13.0. The van der Waals surface area contributed by atoms with Gasteiger partial charge in [-0.25, -0.2) is 8.42 Å². The van der Waals surface area contributed by atoms with Crippen LogP contribution in [-0.2, 0) is 29.0 Å². The first kappa shape index (κ1) is 22.6. The van der Waals surface area contributed by atoms with Crippen molar-refractivity contribution in [2.75, 3.05) is 24.7 Å². The van der Waals surface area contributed by atoms with Crippen LogP contribution in [0.25, 0.3) is 0 Å². The molecule has 0 aliphatic heterocycles. The molecule has 0 heterocycles. The molecule has 0 radical (unpaired) electrons. The van der Waals surface area contributed by atoms with E-state index in [1.54, 1.807) is 0 Å². The van der Waals surface area contributed by atoms with Gasteiger partial charge >= 0.3 is 11.9 Å². The zero-order chi connectivity index (χ0) is 16.5. The van der Waals surface area contributed by atoms with Gasteiger partial charge in [0, 0.05) is 6.42 Å². The van der Waals surface area contributed by atoms with Crippen molar-refractivity contribution < 1.29 is 37.8 Å². The maximum atomic E-state index is 11.4. The maximum Gasteiger partial charge on any atom is 0.320 e. The summed E-state index contributed by atoms with van der Waals surface area (Å²) in [5.41, 5.74) is 5.17. The number of carbonyl (C=O) groups excluding carboxylic acids is 1. The zero-order valence-electron chi connectivity index (χ0n) is 11.4. The minimum atomic E-state index is -3.64. The molecule has 0 aromatic carbocycles. The molecular formula is C9H17ClN2O9S. The predicted molar refractivity (Wildman–Crippen MR) is 74.7 cm³/mol. The van der Waals surface area contributed by atoms with Gasteiger partial charge in [-0.3, -0.25) is 9.59 Å². The number of aliphatic carboxylic acids is 1. The van der Waals surface area contributed by atoms with E-state index in [1.807, 2.05) is 0 Å². The summed E-state index contributed by atoms with van der Waals surface area (Å²) in [6.07, 6.45) is -0.379. The van der Waals surface area contributed by atoms with E-state index in [2.05, 4.69) is 9.57 Å². The Kier molecular flexibility index (Phi) is 11.3. The number of hydrogen-bond donors (Lipinski definition) is 2. The van der Waals surface area contributed by atoms with Crippen LogP contribution in [0, 0.1) is 10.1 Å². The number of carboxylic acids is 1. The van der Waals surface area contributed by atoms with Crippen LogP contribution in [-0.4, -0.2) is 61.3 Å². The number of carboxylic acid groups (broad SMARTS) is 1. The molecule has 0 saturated carbocycles. The summed E-state index contributed by atoms with van der Waals surface area (Å²) in [5, 5.41) is 17.2. The van der Waals surface area contributed by atoms with Crippen LogP contribution in [0.2, 0.25) is 0 Å². The molecule has 0 amide bonds. The number of nitrogens with two attached hydrogens (primary N) is 1. The van der Waals surface area contributed by atoms with E-state index in [0.717, 1.165) is 0 Å². The van der Waals surface area contributed by atoms with Crippen molar-refractivity contribution in [3.05, 3.63) is 10.1 Å². The molecule has 0 aliphatic carbocycles. The van der Waals surface area contributed by atoms with Gasteiger partial charge in [-0.05, 0) is 6.42 Å². The van der Waals surface area contributed by atoms with Gasteiger partial charge in [0.1, 0.15) is 19.3 Å². The van der Waals surface area contributed by atoms with Crippen molar-refractivity contribution in [1.29, 1.82) is 0 Å². The van der Waals surface area contributed by atoms with Crippen LogP contribution >= 0.6 is 12.4 Å². The summed E-state index contributed by atoms with van der Waals surface area (Å²) >= 11 is 0. The third-order valence-corrected chi connectivity index (χ3v) is 3.80. The summed E-state index contributed by atoms with van der Waals surface area (Å²) in [5.74, 6) is -3.11. The van der Waals surface area contributed by atoms with Gasteiger partial charge in [0.2, 0.25) is 0 Å². The molecule has 0 rings (SSSR count). The van der Waals surface area contributed by atoms with Crippen molar-refractivity contribution in [1.82, 2.24) is 0 Å². The molecule has 130 valence electrons. The number of sulfone groups is 1. The lowest BCUT2D eigenvalue weighted by atomic mass is 10.2. The van der Waals surface area contributed by atoms with Gasteiger partial charge in [-0.1, -0.05) is 0 Å². The molecule has 0 aromatic rings. The Morgan fingerprint density at radius 1 is 1.27 bits per heavy atom. The van der Waals surface area contributed by atoms with Crippen LogP contribution < -0.4 is 5.73 Å². The largest absolute Gasteiger partial charge is 0.480 e. The minimum absolute atomic E-state index is 0. The third-order valence-electron chi connectivity index (χ3n) is 2.23. The second-order valence-electron chi connectivity index (χ2n) is 3.91. The van der Waals surface area contributed by atoms with Gasteiger partial charge in [0.05, 0.1) is 11.5 Å². The van der Waals surface area contributed by atoms with Gasteiger partial charge in [0.15, 0.2) is 9.84 Å². The maximum absolute atomic E-state index is 11.4. The molecule has 0 bridgehead atoms. The van der Waals surface area contributed by atoms with E-state index in [1.165, 1.54) is 0 Å². The first-order chi connectivity index (χ1) is 9.64. The molecule has 0 aliphatic rings. The molecule has 22 heavy (non-hydrogen) atoms. The van der Waals surface area contributed by atoms with Crippen LogP contribution in [0.15, 0.2) is 0 Å². The summed E-state index contributed by atoms with van der Waals surface area (Å²) < 4.78 is 27.3. The summed E-state index contributed by atoms with van der Waals surface area (Å²) in [6, 6.07) is -1.19. The molecule has 0 aromatic heterocycles. The normalized spacial score (nSPS) is 11.9. The Hall–Kier alpha value is -1.66. The van der Waals surface area contributed by atoms with Crippen LogP contribution in [0.1, 0.15) is 12.8 Å². The van der Waals surface area contributed by atoms with E-state index >= 15 is 0 Å². The molecule has 11 nitrogen and oxygen atoms in total. The number of hydrogen-bond acceptors (Lipinski definition) is 9. The number of halogens is 1. The van der Waals surface area contributed by atoms with E-state index in [-0.39, 0.29) is 25.2 Å². The van der Waals surface area contributed by atoms with E-state index in [0.29, 0.717) is 0 Å². The van der Waals surface area contributed by atoms with Gasteiger partial charge in [-0.15, -0.1) is 22.5 Å². The van der Waals surface area contributed by atoms with Crippen LogP contribution in [0.5, 0.6) is 0 Å². The lowest BCUT2D eigenvalue weighted by Crippen LogP contribution is -2.31. The SMILES string of the molecule is Cl.N[C@@H](CCC(=O)OCCS(=O)(=O)CCO[N+](=O)[O-])C(=O)O. The van der Waals surface area contributed by atoms with E-state index in [9.17, 15) is 28.1 Å². The smallest absolute Gasteiger partial charge is 0.320 e. The predicted octanol–water partition coefficient (Wildman–Crippen LogP) is -1.23. The molecule has 0 fully saturated rings. The Balaban J connectivity index is 0. The van der Waals surface area contributed by atoms with Crippen LogP contribution in [0.3, 0.4) is 0 Å². The van der Waals surface area contributed by atoms with E-state index < -0.39 is 57.6 Å². The molecule has 3 N–H and O–H groups in total. The molecular weight excluding hydrogens is 348 g/mol. The quantitative estimate of drug-likeness (QED) is 0.256. The highest BCUT2D eigenvalue weighted by Crippen LogP contribution is 1.99. The number of ether oxygens (including phenoxy) is 1. The molecule has 13 heteroatoms. The minimum Gasteiger partial charge on any atom is -0.480 e. The molecule has 0 unspecified atom stereocenters. The number of carbonyl (C=O) groups is 2. The lowest BCUT2D eigenvalue weighted by molar-refractivity contribution is -0.756. The molecule has 0 spiro atoms.